The number of hydrogen-bond acceptors (Lipinski definition) is 4. The maximum absolute atomic E-state index is 12.0. The molecule has 7 heteroatoms. The Hall–Kier alpha value is -2.31. The average Bonchev–Trinajstić information content (AvgIpc) is 2.58. The first-order valence-electron chi connectivity index (χ1n) is 8.72. The van der Waals surface area contributed by atoms with Gasteiger partial charge in [0.1, 0.15) is 5.60 Å². The van der Waals surface area contributed by atoms with Crippen molar-refractivity contribution >= 4 is 12.1 Å². The van der Waals surface area contributed by atoms with Gasteiger partial charge in [0.25, 0.3) is 0 Å². The molecule has 2 heterocycles. The zero-order valence-corrected chi connectivity index (χ0v) is 15.2. The molecule has 2 N–H and O–H groups in total. The van der Waals surface area contributed by atoms with Gasteiger partial charge in [-0.05, 0) is 51.2 Å². The number of pyridine rings is 1. The van der Waals surface area contributed by atoms with E-state index in [2.05, 4.69) is 15.6 Å². The Morgan fingerprint density at radius 2 is 2.00 bits per heavy atom. The summed E-state index contributed by atoms with van der Waals surface area (Å²) in [5.74, 6) is 0.378. The highest BCUT2D eigenvalue weighted by Gasteiger charge is 2.26. The van der Waals surface area contributed by atoms with E-state index in [9.17, 15) is 9.59 Å². The van der Waals surface area contributed by atoms with Crippen LogP contribution in [0.15, 0.2) is 24.5 Å². The number of nitrogens with zero attached hydrogens (tertiary/aromatic N) is 2. The van der Waals surface area contributed by atoms with Crippen LogP contribution < -0.4 is 10.6 Å². The maximum Gasteiger partial charge on any atom is 0.410 e. The van der Waals surface area contributed by atoms with Gasteiger partial charge in [-0.2, -0.15) is 0 Å². The zero-order valence-electron chi connectivity index (χ0n) is 15.2. The monoisotopic (exact) mass is 348 g/mol. The molecule has 0 atom stereocenters. The number of urea groups is 1. The predicted octanol–water partition coefficient (Wildman–Crippen LogP) is 2.53. The summed E-state index contributed by atoms with van der Waals surface area (Å²) in [6, 6.07) is 3.57. The molecule has 0 radical (unpaired) electrons. The Morgan fingerprint density at radius 1 is 1.28 bits per heavy atom. The van der Waals surface area contributed by atoms with Gasteiger partial charge < -0.3 is 20.3 Å². The molecule has 1 aromatic rings. The van der Waals surface area contributed by atoms with Crippen molar-refractivity contribution in [2.75, 3.05) is 19.6 Å². The van der Waals surface area contributed by atoms with E-state index in [1.807, 2.05) is 32.9 Å². The summed E-state index contributed by atoms with van der Waals surface area (Å²) in [5.41, 5.74) is 0.491. The number of hydrogen-bond donors (Lipinski definition) is 2. The van der Waals surface area contributed by atoms with Crippen LogP contribution in [0.2, 0.25) is 0 Å². The number of rotatable bonds is 4. The highest BCUT2D eigenvalue weighted by Crippen LogP contribution is 2.19. The molecular formula is C18H28N4O3. The smallest absolute Gasteiger partial charge is 0.410 e. The number of carbonyl (C=O) groups excluding carboxylic acids is 2. The summed E-state index contributed by atoms with van der Waals surface area (Å²) in [7, 11) is 0. The van der Waals surface area contributed by atoms with Crippen LogP contribution in [0.3, 0.4) is 0 Å². The third-order valence-electron chi connectivity index (χ3n) is 3.99. The van der Waals surface area contributed by atoms with Crippen LogP contribution in [0, 0.1) is 5.92 Å². The van der Waals surface area contributed by atoms with Crippen LogP contribution in [0.25, 0.3) is 0 Å². The van der Waals surface area contributed by atoms with Gasteiger partial charge in [0.2, 0.25) is 0 Å². The normalized spacial score (nSPS) is 15.6. The summed E-state index contributed by atoms with van der Waals surface area (Å²) in [5, 5.41) is 5.72. The summed E-state index contributed by atoms with van der Waals surface area (Å²) >= 11 is 0. The summed E-state index contributed by atoms with van der Waals surface area (Å²) < 4.78 is 5.39. The van der Waals surface area contributed by atoms with Crippen molar-refractivity contribution in [3.8, 4) is 0 Å². The van der Waals surface area contributed by atoms with Crippen LogP contribution in [-0.4, -0.2) is 47.2 Å². The molecule has 0 spiro atoms. The van der Waals surface area contributed by atoms with E-state index in [0.717, 1.165) is 18.4 Å². The molecular weight excluding hydrogens is 320 g/mol. The lowest BCUT2D eigenvalue weighted by molar-refractivity contribution is 0.0184. The van der Waals surface area contributed by atoms with E-state index in [4.69, 9.17) is 4.74 Å². The Kier molecular flexibility index (Phi) is 6.61. The van der Waals surface area contributed by atoms with E-state index in [0.29, 0.717) is 32.1 Å². The van der Waals surface area contributed by atoms with Crippen LogP contribution >= 0.6 is 0 Å². The van der Waals surface area contributed by atoms with Crippen LogP contribution in [0.5, 0.6) is 0 Å². The molecule has 1 saturated heterocycles. The lowest BCUT2D eigenvalue weighted by Crippen LogP contribution is -2.44. The molecule has 2 rings (SSSR count). The molecule has 0 saturated carbocycles. The summed E-state index contributed by atoms with van der Waals surface area (Å²) in [6.07, 6.45) is 4.90. The maximum atomic E-state index is 12.0. The number of piperidine rings is 1. The first kappa shape index (κ1) is 19.0. The second-order valence-corrected chi connectivity index (χ2v) is 7.34. The van der Waals surface area contributed by atoms with E-state index in [1.54, 1.807) is 17.3 Å². The lowest BCUT2D eigenvalue weighted by atomic mass is 9.97. The van der Waals surface area contributed by atoms with E-state index < -0.39 is 5.60 Å². The molecule has 1 fully saturated rings. The van der Waals surface area contributed by atoms with Crippen LogP contribution in [0.1, 0.15) is 39.2 Å². The Bertz CT molecular complexity index is 563. The molecule has 0 bridgehead atoms. The second kappa shape index (κ2) is 8.69. The molecule has 3 amide bonds. The largest absolute Gasteiger partial charge is 0.444 e. The van der Waals surface area contributed by atoms with Crippen molar-refractivity contribution in [1.29, 1.82) is 0 Å². The standard InChI is InChI=1S/C18H28N4O3/c1-18(2,3)25-17(24)22-9-6-14(7-10-22)12-20-16(23)21-13-15-5-4-8-19-11-15/h4-5,8,11,14H,6-7,9-10,12-13H2,1-3H3,(H2,20,21,23). The molecule has 138 valence electrons. The quantitative estimate of drug-likeness (QED) is 0.876. The minimum Gasteiger partial charge on any atom is -0.444 e. The van der Waals surface area contributed by atoms with Gasteiger partial charge in [-0.15, -0.1) is 0 Å². The Labute approximate surface area is 149 Å². The van der Waals surface area contributed by atoms with Gasteiger partial charge in [-0.3, -0.25) is 4.98 Å². The van der Waals surface area contributed by atoms with Gasteiger partial charge in [0.15, 0.2) is 0 Å². The number of amides is 3. The van der Waals surface area contributed by atoms with Gasteiger partial charge in [-0.25, -0.2) is 9.59 Å². The van der Waals surface area contributed by atoms with E-state index in [1.165, 1.54) is 0 Å². The second-order valence-electron chi connectivity index (χ2n) is 7.34. The number of ether oxygens (including phenoxy) is 1. The SMILES string of the molecule is CC(C)(C)OC(=O)N1CCC(CNC(=O)NCc2cccnc2)CC1. The highest BCUT2D eigenvalue weighted by atomic mass is 16.6. The van der Waals surface area contributed by atoms with Crippen molar-refractivity contribution in [3.63, 3.8) is 0 Å². The van der Waals surface area contributed by atoms with Crippen molar-refractivity contribution in [2.24, 2.45) is 5.92 Å². The number of nitrogens with one attached hydrogen (secondary N) is 2. The van der Waals surface area contributed by atoms with Crippen molar-refractivity contribution < 1.29 is 14.3 Å². The average molecular weight is 348 g/mol. The Balaban J connectivity index is 1.63. The minimum atomic E-state index is -0.470. The third-order valence-corrected chi connectivity index (χ3v) is 3.99. The summed E-state index contributed by atoms with van der Waals surface area (Å²) in [6.45, 7) is 8.00. The Morgan fingerprint density at radius 3 is 2.60 bits per heavy atom. The van der Waals surface area contributed by atoms with Crippen molar-refractivity contribution in [1.82, 2.24) is 20.5 Å². The topological polar surface area (TPSA) is 83.6 Å². The number of carbonyl (C=O) groups is 2. The fourth-order valence-corrected chi connectivity index (χ4v) is 2.63. The van der Waals surface area contributed by atoms with Gasteiger partial charge >= 0.3 is 12.1 Å². The predicted molar refractivity (Wildman–Crippen MR) is 95.0 cm³/mol. The number of aromatic nitrogens is 1. The molecule has 0 aliphatic carbocycles. The zero-order chi connectivity index (χ0) is 18.3. The highest BCUT2D eigenvalue weighted by molar-refractivity contribution is 5.73. The van der Waals surface area contributed by atoms with E-state index in [-0.39, 0.29) is 12.1 Å². The van der Waals surface area contributed by atoms with Crippen molar-refractivity contribution in [3.05, 3.63) is 30.1 Å². The molecule has 7 nitrogen and oxygen atoms in total. The summed E-state index contributed by atoms with van der Waals surface area (Å²) in [4.78, 5) is 29.6. The third kappa shape index (κ3) is 6.99. The first-order chi connectivity index (χ1) is 11.8. The molecule has 25 heavy (non-hydrogen) atoms. The van der Waals surface area contributed by atoms with E-state index >= 15 is 0 Å². The minimum absolute atomic E-state index is 0.182. The van der Waals surface area contributed by atoms with Crippen LogP contribution in [-0.2, 0) is 11.3 Å². The number of likely N-dealkylation sites (tertiary alicyclic amines) is 1. The van der Waals surface area contributed by atoms with Crippen LogP contribution in [0.4, 0.5) is 9.59 Å². The van der Waals surface area contributed by atoms with Gasteiger partial charge in [0.05, 0.1) is 0 Å². The fraction of sp³-hybridized carbons (Fsp3) is 0.611. The molecule has 0 unspecified atom stereocenters. The lowest BCUT2D eigenvalue weighted by Gasteiger charge is -2.33. The van der Waals surface area contributed by atoms with Crippen molar-refractivity contribution in [2.45, 2.75) is 45.8 Å². The molecule has 1 aromatic heterocycles. The molecule has 1 aliphatic rings. The van der Waals surface area contributed by atoms with Gasteiger partial charge in [0, 0.05) is 38.6 Å². The fourth-order valence-electron chi connectivity index (χ4n) is 2.63. The molecule has 0 aromatic carbocycles. The molecule has 1 aliphatic heterocycles. The van der Waals surface area contributed by atoms with Gasteiger partial charge in [-0.1, -0.05) is 6.07 Å². The first-order valence-corrected chi connectivity index (χ1v) is 8.72.